The first-order chi connectivity index (χ1) is 21.7. The molecule has 14 heteroatoms. The molecule has 0 amide bonds. The molecule has 246 valence electrons. The van der Waals surface area contributed by atoms with E-state index in [2.05, 4.69) is 14.9 Å². The number of hydrogen-bond acceptors (Lipinski definition) is 8. The van der Waals surface area contributed by atoms with Crippen LogP contribution in [0.15, 0.2) is 6.07 Å². The van der Waals surface area contributed by atoms with Crippen molar-refractivity contribution in [1.29, 1.82) is 0 Å². The molecule has 5 aliphatic rings. The topological polar surface area (TPSA) is 89.6 Å². The van der Waals surface area contributed by atoms with Crippen molar-refractivity contribution in [3.63, 3.8) is 0 Å². The number of nitrogen functional groups attached to an aromatic ring is 1. The normalized spacial score (nSPS) is 26.2. The highest BCUT2D eigenvalue weighted by molar-refractivity contribution is 6.36. The Morgan fingerprint density at radius 1 is 1.13 bits per heavy atom. The van der Waals surface area contributed by atoms with Gasteiger partial charge in [-0.2, -0.15) is 23.1 Å². The van der Waals surface area contributed by atoms with Crippen LogP contribution in [0.25, 0.3) is 22.2 Å². The molecule has 2 aromatic heterocycles. The van der Waals surface area contributed by atoms with Gasteiger partial charge in [-0.25, -0.2) is 13.8 Å². The summed E-state index contributed by atoms with van der Waals surface area (Å²) in [6.07, 6.45) is 0.934. The fourth-order valence-electron chi connectivity index (χ4n) is 8.44. The molecule has 2 saturated carbocycles. The molecule has 2 spiro atoms. The molecule has 2 aliphatic carbocycles. The van der Waals surface area contributed by atoms with Gasteiger partial charge in [-0.3, -0.25) is 4.90 Å². The summed E-state index contributed by atoms with van der Waals surface area (Å²) in [4.78, 5) is 17.3. The molecule has 8 nitrogen and oxygen atoms in total. The van der Waals surface area contributed by atoms with Crippen LogP contribution in [0.4, 0.5) is 33.6 Å². The molecule has 3 aromatic rings. The van der Waals surface area contributed by atoms with Crippen molar-refractivity contribution in [3.8, 4) is 23.0 Å². The van der Waals surface area contributed by atoms with E-state index in [4.69, 9.17) is 31.8 Å². The van der Waals surface area contributed by atoms with Gasteiger partial charge in [-0.05, 0) is 70.0 Å². The molecule has 46 heavy (non-hydrogen) atoms. The molecular weight excluding hydrogens is 631 g/mol. The van der Waals surface area contributed by atoms with Crippen molar-refractivity contribution < 1.29 is 31.4 Å². The smallest absolute Gasteiger partial charge is 0.418 e. The summed E-state index contributed by atoms with van der Waals surface area (Å²) in [7, 11) is 1.89. The van der Waals surface area contributed by atoms with Crippen LogP contribution in [0.3, 0.4) is 0 Å². The van der Waals surface area contributed by atoms with E-state index < -0.39 is 46.1 Å². The minimum absolute atomic E-state index is 0.0137. The molecule has 0 radical (unpaired) electrons. The summed E-state index contributed by atoms with van der Waals surface area (Å²) < 4.78 is 87.8. The molecule has 2 saturated heterocycles. The maximum atomic E-state index is 17.0. The Kier molecular flexibility index (Phi) is 6.50. The number of halogens is 6. The van der Waals surface area contributed by atoms with E-state index in [0.29, 0.717) is 25.2 Å². The highest BCUT2D eigenvalue weighted by Crippen LogP contribution is 2.59. The number of alkyl halides is 4. The number of anilines is 2. The van der Waals surface area contributed by atoms with Gasteiger partial charge in [0.15, 0.2) is 11.6 Å². The summed E-state index contributed by atoms with van der Waals surface area (Å²) in [6.45, 7) is 2.41. The van der Waals surface area contributed by atoms with Crippen molar-refractivity contribution in [2.45, 2.75) is 93.7 Å². The van der Waals surface area contributed by atoms with Gasteiger partial charge in [0.1, 0.15) is 35.5 Å². The second kappa shape index (κ2) is 9.91. The van der Waals surface area contributed by atoms with Gasteiger partial charge in [0.25, 0.3) is 0 Å². The summed E-state index contributed by atoms with van der Waals surface area (Å²) in [6, 6.07) is 0.935. The lowest BCUT2D eigenvalue weighted by Crippen LogP contribution is -2.56. The standard InChI is InChI=1S/C32H34ClF5N6O2/c1-16-11-18(39)40-24(21(16)32(36,37)38)19-22(33)26-20-25(23(19)35)41-28(45-15-30-7-4-10-44(30)13-17(34)12-30)42-27(20)43(2)29(5-3-6-29)14-31(46-26)8-9-31/h11,17H,3-10,12-15H2,1-2H3,(H2,39,40)/t17-,30+/m1/s1. The maximum absolute atomic E-state index is 17.0. The number of rotatable bonds is 4. The molecule has 2 N–H and O–H groups in total. The van der Waals surface area contributed by atoms with Gasteiger partial charge in [0.05, 0.1) is 32.8 Å². The molecule has 5 heterocycles. The number of aryl methyl sites for hydroxylation is 1. The molecule has 1 aromatic carbocycles. The quantitative estimate of drug-likeness (QED) is 0.298. The minimum atomic E-state index is -4.89. The molecule has 2 atom stereocenters. The van der Waals surface area contributed by atoms with E-state index in [9.17, 15) is 17.6 Å². The van der Waals surface area contributed by atoms with Crippen LogP contribution < -0.4 is 20.1 Å². The van der Waals surface area contributed by atoms with E-state index in [1.165, 1.54) is 6.92 Å². The van der Waals surface area contributed by atoms with E-state index in [1.807, 2.05) is 11.9 Å². The van der Waals surface area contributed by atoms with Crippen molar-refractivity contribution >= 4 is 34.1 Å². The Balaban J connectivity index is 1.37. The van der Waals surface area contributed by atoms with Gasteiger partial charge < -0.3 is 20.1 Å². The Hall–Kier alpha value is -3.19. The van der Waals surface area contributed by atoms with Crippen LogP contribution in [0.5, 0.6) is 11.8 Å². The van der Waals surface area contributed by atoms with Gasteiger partial charge in [0, 0.05) is 32.0 Å². The highest BCUT2D eigenvalue weighted by Gasteiger charge is 2.57. The van der Waals surface area contributed by atoms with Crippen molar-refractivity contribution in [1.82, 2.24) is 19.9 Å². The van der Waals surface area contributed by atoms with E-state index >= 15 is 4.39 Å². The lowest BCUT2D eigenvalue weighted by Gasteiger charge is -2.52. The number of aromatic nitrogens is 3. The van der Waals surface area contributed by atoms with Crippen LogP contribution in [0, 0.1) is 12.7 Å². The minimum Gasteiger partial charge on any atom is -0.485 e. The number of ether oxygens (including phenoxy) is 2. The zero-order valence-electron chi connectivity index (χ0n) is 25.5. The van der Waals surface area contributed by atoms with Crippen LogP contribution in [0.1, 0.15) is 68.9 Å². The monoisotopic (exact) mass is 664 g/mol. The number of benzene rings is 1. The van der Waals surface area contributed by atoms with Crippen LogP contribution in [0.2, 0.25) is 5.02 Å². The fraction of sp³-hybridized carbons (Fsp3) is 0.594. The van der Waals surface area contributed by atoms with Crippen LogP contribution in [-0.2, 0) is 6.18 Å². The summed E-state index contributed by atoms with van der Waals surface area (Å²) in [5.74, 6) is -1.00. The lowest BCUT2D eigenvalue weighted by atomic mass is 9.71. The van der Waals surface area contributed by atoms with Crippen molar-refractivity contribution in [2.75, 3.05) is 37.4 Å². The van der Waals surface area contributed by atoms with Gasteiger partial charge >= 0.3 is 12.2 Å². The number of hydrogen-bond donors (Lipinski definition) is 1. The number of pyridine rings is 1. The summed E-state index contributed by atoms with van der Waals surface area (Å²) >= 11 is 6.91. The molecule has 8 rings (SSSR count). The second-order valence-electron chi connectivity index (χ2n) is 13.9. The molecular formula is C32H34ClF5N6O2. The van der Waals surface area contributed by atoms with Crippen LogP contribution in [-0.4, -0.2) is 69.4 Å². The van der Waals surface area contributed by atoms with E-state index in [-0.39, 0.29) is 51.2 Å². The predicted octanol–water partition coefficient (Wildman–Crippen LogP) is 7.02. The average molecular weight is 665 g/mol. The third kappa shape index (κ3) is 4.43. The van der Waals surface area contributed by atoms with Crippen molar-refractivity contribution in [2.24, 2.45) is 0 Å². The zero-order valence-corrected chi connectivity index (χ0v) is 26.3. The Morgan fingerprint density at radius 2 is 1.89 bits per heavy atom. The van der Waals surface area contributed by atoms with E-state index in [1.54, 1.807) is 0 Å². The summed E-state index contributed by atoms with van der Waals surface area (Å²) in [5, 5.41) is -0.186. The Labute approximate surface area is 267 Å². The number of nitrogens with two attached hydrogens (primary N) is 1. The first kappa shape index (κ1) is 30.2. The Morgan fingerprint density at radius 3 is 2.57 bits per heavy atom. The molecule has 3 aliphatic heterocycles. The Bertz CT molecular complexity index is 1780. The molecule has 4 fully saturated rings. The second-order valence-corrected chi connectivity index (χ2v) is 14.3. The van der Waals surface area contributed by atoms with Gasteiger partial charge in [0.2, 0.25) is 0 Å². The lowest BCUT2D eigenvalue weighted by molar-refractivity contribution is -0.137. The van der Waals surface area contributed by atoms with Crippen molar-refractivity contribution in [3.05, 3.63) is 28.0 Å². The maximum Gasteiger partial charge on any atom is 0.418 e. The fourth-order valence-corrected chi connectivity index (χ4v) is 8.75. The third-order valence-electron chi connectivity index (χ3n) is 11.0. The van der Waals surface area contributed by atoms with Gasteiger partial charge in [-0.15, -0.1) is 0 Å². The first-order valence-electron chi connectivity index (χ1n) is 15.8. The zero-order chi connectivity index (χ0) is 32.4. The first-order valence-corrected chi connectivity index (χ1v) is 16.1. The molecule has 0 unspecified atom stereocenters. The largest absolute Gasteiger partial charge is 0.485 e. The SMILES string of the molecule is Cc1cc(N)nc(-c2c(Cl)c3c4c(nc(OC[C@@]56CCCN5C[C@H](F)C6)nc4c2F)N(C)C2(CCC2)CC2(CC2)O3)c1C(F)(F)F. The van der Waals surface area contributed by atoms with Gasteiger partial charge in [-0.1, -0.05) is 11.6 Å². The molecule has 0 bridgehead atoms. The third-order valence-corrected chi connectivity index (χ3v) is 11.4. The average Bonchev–Trinajstić information content (AvgIpc) is 3.49. The number of nitrogens with zero attached hydrogens (tertiary/aromatic N) is 5. The number of fused-ring (bicyclic) bond motifs is 1. The van der Waals surface area contributed by atoms with Crippen LogP contribution >= 0.6 is 11.6 Å². The highest BCUT2D eigenvalue weighted by atomic mass is 35.5. The summed E-state index contributed by atoms with van der Waals surface area (Å²) in [5.41, 5.74) is 1.47. The predicted molar refractivity (Wildman–Crippen MR) is 163 cm³/mol. The van der Waals surface area contributed by atoms with E-state index in [0.717, 1.165) is 57.6 Å².